The third-order valence-corrected chi connectivity index (χ3v) is 5.81. The third kappa shape index (κ3) is 6.82. The lowest BCUT2D eigenvalue weighted by molar-refractivity contribution is -0.116. The van der Waals surface area contributed by atoms with Crippen LogP contribution in [0.2, 0.25) is 0 Å². The molecule has 0 spiro atoms. The molecular weight excluding hydrogens is 420 g/mol. The summed E-state index contributed by atoms with van der Waals surface area (Å²) < 4.78 is 11.4. The Labute approximate surface area is 194 Å². The first-order chi connectivity index (χ1) is 15.5. The van der Waals surface area contributed by atoms with Crippen LogP contribution in [0, 0.1) is 6.92 Å². The lowest BCUT2D eigenvalue weighted by Gasteiger charge is -2.12. The molecule has 5 nitrogen and oxygen atoms in total. The second-order valence-corrected chi connectivity index (χ2v) is 8.94. The van der Waals surface area contributed by atoms with E-state index in [-0.39, 0.29) is 5.91 Å². The fourth-order valence-electron chi connectivity index (χ4n) is 3.40. The molecule has 0 radical (unpaired) electrons. The van der Waals surface area contributed by atoms with Crippen LogP contribution in [0.25, 0.3) is 11.3 Å². The summed E-state index contributed by atoms with van der Waals surface area (Å²) in [5.41, 5.74) is 4.41. The molecule has 1 N–H and O–H groups in total. The van der Waals surface area contributed by atoms with Crippen molar-refractivity contribution < 1.29 is 14.3 Å². The largest absolute Gasteiger partial charge is 0.494 e. The lowest BCUT2D eigenvalue weighted by Crippen LogP contribution is -2.12. The Bertz CT molecular complexity index is 1010. The second kappa shape index (κ2) is 11.7. The van der Waals surface area contributed by atoms with Gasteiger partial charge in [-0.15, -0.1) is 11.3 Å². The highest BCUT2D eigenvalue weighted by atomic mass is 32.1. The highest BCUT2D eigenvalue weighted by Gasteiger charge is 2.09. The molecule has 0 aliphatic rings. The SMILES string of the molecule is CCCOc1ccc(-c2csc(NC(=O)CCCOc3ccc(C(C)C)c(C)c3)n2)cc1. The number of aryl methyl sites for hydroxylation is 1. The molecule has 1 heterocycles. The van der Waals surface area contributed by atoms with Crippen LogP contribution in [0.3, 0.4) is 0 Å². The molecule has 2 aromatic carbocycles. The van der Waals surface area contributed by atoms with E-state index in [4.69, 9.17) is 9.47 Å². The van der Waals surface area contributed by atoms with Crippen molar-refractivity contribution in [2.45, 2.75) is 52.9 Å². The van der Waals surface area contributed by atoms with E-state index in [2.05, 4.69) is 50.1 Å². The summed E-state index contributed by atoms with van der Waals surface area (Å²) in [5.74, 6) is 2.15. The fraction of sp³-hybridized carbons (Fsp3) is 0.385. The van der Waals surface area contributed by atoms with Crippen LogP contribution in [0.1, 0.15) is 57.1 Å². The number of amides is 1. The van der Waals surface area contributed by atoms with E-state index in [1.54, 1.807) is 0 Å². The van der Waals surface area contributed by atoms with Crippen molar-refractivity contribution in [3.63, 3.8) is 0 Å². The van der Waals surface area contributed by atoms with Crippen LogP contribution < -0.4 is 14.8 Å². The zero-order chi connectivity index (χ0) is 22.9. The number of aromatic nitrogens is 1. The molecule has 1 aromatic heterocycles. The number of benzene rings is 2. The summed E-state index contributed by atoms with van der Waals surface area (Å²) >= 11 is 1.43. The van der Waals surface area contributed by atoms with Crippen LogP contribution in [0.5, 0.6) is 11.5 Å². The number of anilines is 1. The average Bonchev–Trinajstić information content (AvgIpc) is 3.24. The number of hydrogen-bond donors (Lipinski definition) is 1. The molecule has 0 bridgehead atoms. The molecule has 0 saturated carbocycles. The summed E-state index contributed by atoms with van der Waals surface area (Å²) in [6.07, 6.45) is 2.02. The van der Waals surface area contributed by atoms with E-state index < -0.39 is 0 Å². The van der Waals surface area contributed by atoms with Gasteiger partial charge < -0.3 is 14.8 Å². The van der Waals surface area contributed by atoms with Gasteiger partial charge in [-0.05, 0) is 73.2 Å². The van der Waals surface area contributed by atoms with Gasteiger partial charge in [-0.1, -0.05) is 26.8 Å². The van der Waals surface area contributed by atoms with Crippen LogP contribution >= 0.6 is 11.3 Å². The van der Waals surface area contributed by atoms with Crippen molar-refractivity contribution in [1.82, 2.24) is 4.98 Å². The Morgan fingerprint density at radius 3 is 2.47 bits per heavy atom. The van der Waals surface area contributed by atoms with Gasteiger partial charge in [-0.25, -0.2) is 4.98 Å². The van der Waals surface area contributed by atoms with Crippen molar-refractivity contribution in [3.05, 3.63) is 59.0 Å². The fourth-order valence-corrected chi connectivity index (χ4v) is 4.13. The minimum absolute atomic E-state index is 0.0517. The Kier molecular flexibility index (Phi) is 8.68. The normalized spacial score (nSPS) is 10.9. The first kappa shape index (κ1) is 23.8. The smallest absolute Gasteiger partial charge is 0.226 e. The van der Waals surface area contributed by atoms with Crippen molar-refractivity contribution in [2.75, 3.05) is 18.5 Å². The Morgan fingerprint density at radius 2 is 1.78 bits per heavy atom. The number of rotatable bonds is 11. The maximum absolute atomic E-state index is 12.3. The molecule has 1 amide bonds. The monoisotopic (exact) mass is 452 g/mol. The predicted molar refractivity (Wildman–Crippen MR) is 132 cm³/mol. The van der Waals surface area contributed by atoms with Gasteiger partial charge in [-0.2, -0.15) is 0 Å². The van der Waals surface area contributed by atoms with Crippen LogP contribution in [0.4, 0.5) is 5.13 Å². The topological polar surface area (TPSA) is 60.5 Å². The summed E-state index contributed by atoms with van der Waals surface area (Å²) in [7, 11) is 0. The maximum Gasteiger partial charge on any atom is 0.226 e. The second-order valence-electron chi connectivity index (χ2n) is 8.08. The maximum atomic E-state index is 12.3. The number of thiazole rings is 1. The van der Waals surface area contributed by atoms with Gasteiger partial charge in [-0.3, -0.25) is 4.79 Å². The highest BCUT2D eigenvalue weighted by molar-refractivity contribution is 7.14. The van der Waals surface area contributed by atoms with Gasteiger partial charge >= 0.3 is 0 Å². The van der Waals surface area contributed by atoms with E-state index in [9.17, 15) is 4.79 Å². The summed E-state index contributed by atoms with van der Waals surface area (Å²) in [4.78, 5) is 16.8. The van der Waals surface area contributed by atoms with E-state index >= 15 is 0 Å². The van der Waals surface area contributed by atoms with Crippen LogP contribution in [-0.4, -0.2) is 24.1 Å². The molecule has 0 saturated heterocycles. The zero-order valence-corrected chi connectivity index (χ0v) is 20.1. The zero-order valence-electron chi connectivity index (χ0n) is 19.3. The van der Waals surface area contributed by atoms with Gasteiger partial charge in [0.05, 0.1) is 18.9 Å². The van der Waals surface area contributed by atoms with Crippen LogP contribution in [-0.2, 0) is 4.79 Å². The van der Waals surface area contributed by atoms with Crippen molar-refractivity contribution in [2.24, 2.45) is 0 Å². The quantitative estimate of drug-likeness (QED) is 0.324. The minimum atomic E-state index is -0.0517. The van der Waals surface area contributed by atoms with Gasteiger partial charge in [0.15, 0.2) is 5.13 Å². The van der Waals surface area contributed by atoms with Crippen molar-refractivity contribution in [3.8, 4) is 22.8 Å². The first-order valence-electron chi connectivity index (χ1n) is 11.2. The van der Waals surface area contributed by atoms with Gasteiger partial charge in [0.25, 0.3) is 0 Å². The molecule has 0 aliphatic heterocycles. The number of carbonyl (C=O) groups is 1. The molecule has 170 valence electrons. The third-order valence-electron chi connectivity index (χ3n) is 5.05. The molecule has 32 heavy (non-hydrogen) atoms. The predicted octanol–water partition coefficient (Wildman–Crippen LogP) is 6.83. The highest BCUT2D eigenvalue weighted by Crippen LogP contribution is 2.27. The molecule has 0 atom stereocenters. The van der Waals surface area contributed by atoms with E-state index in [0.29, 0.717) is 37.1 Å². The van der Waals surface area contributed by atoms with E-state index in [1.807, 2.05) is 35.7 Å². The number of carbonyl (C=O) groups excluding carboxylic acids is 1. The Balaban J connectivity index is 1.43. The average molecular weight is 453 g/mol. The minimum Gasteiger partial charge on any atom is -0.494 e. The van der Waals surface area contributed by atoms with Gasteiger partial charge in [0.2, 0.25) is 5.91 Å². The molecule has 0 aliphatic carbocycles. The van der Waals surface area contributed by atoms with Crippen molar-refractivity contribution >= 4 is 22.4 Å². The number of nitrogens with one attached hydrogen (secondary N) is 1. The molecule has 0 unspecified atom stereocenters. The number of ether oxygens (including phenoxy) is 2. The van der Waals surface area contributed by atoms with Crippen molar-refractivity contribution in [1.29, 1.82) is 0 Å². The number of hydrogen-bond acceptors (Lipinski definition) is 5. The molecule has 3 rings (SSSR count). The molecule has 0 fully saturated rings. The Hall–Kier alpha value is -2.86. The Morgan fingerprint density at radius 1 is 1.06 bits per heavy atom. The molecule has 3 aromatic rings. The standard InChI is InChI=1S/C26H32N2O3S/c1-5-14-30-21-10-8-20(9-11-21)24-17-32-26(27-24)28-25(29)7-6-15-31-22-12-13-23(18(2)3)19(4)16-22/h8-13,16-18H,5-7,14-15H2,1-4H3,(H,27,28,29). The van der Waals surface area contributed by atoms with Gasteiger partial charge in [0, 0.05) is 17.4 Å². The molecular formula is C26H32N2O3S. The van der Waals surface area contributed by atoms with Crippen LogP contribution in [0.15, 0.2) is 47.8 Å². The first-order valence-corrected chi connectivity index (χ1v) is 12.1. The van der Waals surface area contributed by atoms with E-state index in [1.165, 1.54) is 22.5 Å². The summed E-state index contributed by atoms with van der Waals surface area (Å²) in [6, 6.07) is 14.0. The van der Waals surface area contributed by atoms with E-state index in [0.717, 1.165) is 29.2 Å². The van der Waals surface area contributed by atoms with Gasteiger partial charge in [0.1, 0.15) is 11.5 Å². The summed E-state index contributed by atoms with van der Waals surface area (Å²) in [5, 5.41) is 5.44. The summed E-state index contributed by atoms with van der Waals surface area (Å²) in [6.45, 7) is 9.77. The molecule has 6 heteroatoms. The number of nitrogens with zero attached hydrogens (tertiary/aromatic N) is 1. The lowest BCUT2D eigenvalue weighted by atomic mass is 9.98.